The van der Waals surface area contributed by atoms with Gasteiger partial charge in [-0.1, -0.05) is 12.1 Å². The third kappa shape index (κ3) is 3.71. The standard InChI is InChI=1S/C15H15FN2O2/c1-10-3-2-4-12(7-10)18-15(19)9-20-14-8-11(16)5-6-13(14)17/h2-8H,9,17H2,1H3,(H,18,19). The third-order valence-electron chi connectivity index (χ3n) is 2.64. The quantitative estimate of drug-likeness (QED) is 0.842. The smallest absolute Gasteiger partial charge is 0.262 e. The van der Waals surface area contributed by atoms with Gasteiger partial charge in [0.25, 0.3) is 5.91 Å². The number of nitrogens with two attached hydrogens (primary N) is 1. The van der Waals surface area contributed by atoms with Crippen molar-refractivity contribution in [2.75, 3.05) is 17.7 Å². The van der Waals surface area contributed by atoms with Gasteiger partial charge in [0.15, 0.2) is 6.61 Å². The Morgan fingerprint density at radius 1 is 1.30 bits per heavy atom. The van der Waals surface area contributed by atoms with E-state index in [-0.39, 0.29) is 24.0 Å². The lowest BCUT2D eigenvalue weighted by Gasteiger charge is -2.09. The number of aryl methyl sites for hydroxylation is 1. The zero-order valence-corrected chi connectivity index (χ0v) is 11.0. The van der Waals surface area contributed by atoms with Crippen LogP contribution in [0.5, 0.6) is 5.75 Å². The van der Waals surface area contributed by atoms with Gasteiger partial charge in [-0.05, 0) is 36.8 Å². The predicted molar refractivity (Wildman–Crippen MR) is 76.1 cm³/mol. The first kappa shape index (κ1) is 13.9. The molecule has 5 heteroatoms. The van der Waals surface area contributed by atoms with Crippen LogP contribution >= 0.6 is 0 Å². The van der Waals surface area contributed by atoms with Crippen LogP contribution in [-0.4, -0.2) is 12.5 Å². The maximum Gasteiger partial charge on any atom is 0.262 e. The Kier molecular flexibility index (Phi) is 4.20. The van der Waals surface area contributed by atoms with E-state index in [0.29, 0.717) is 5.69 Å². The summed E-state index contributed by atoms with van der Waals surface area (Å²) in [4.78, 5) is 11.7. The van der Waals surface area contributed by atoms with Crippen LogP contribution in [0.2, 0.25) is 0 Å². The molecule has 0 atom stereocenters. The minimum Gasteiger partial charge on any atom is -0.481 e. The Bertz CT molecular complexity index is 629. The van der Waals surface area contributed by atoms with Crippen molar-refractivity contribution in [2.45, 2.75) is 6.92 Å². The Labute approximate surface area is 116 Å². The summed E-state index contributed by atoms with van der Waals surface area (Å²) in [6.45, 7) is 1.70. The summed E-state index contributed by atoms with van der Waals surface area (Å²) in [6, 6.07) is 11.2. The molecule has 2 rings (SSSR count). The van der Waals surface area contributed by atoms with E-state index in [1.54, 1.807) is 6.07 Å². The van der Waals surface area contributed by atoms with E-state index >= 15 is 0 Å². The van der Waals surface area contributed by atoms with Crippen LogP contribution in [0.15, 0.2) is 42.5 Å². The normalized spacial score (nSPS) is 10.1. The molecule has 0 unspecified atom stereocenters. The lowest BCUT2D eigenvalue weighted by molar-refractivity contribution is -0.118. The van der Waals surface area contributed by atoms with Crippen LogP contribution < -0.4 is 15.8 Å². The molecule has 0 aromatic heterocycles. The van der Waals surface area contributed by atoms with Gasteiger partial charge in [-0.15, -0.1) is 0 Å². The van der Waals surface area contributed by atoms with Gasteiger partial charge in [0, 0.05) is 11.8 Å². The minimum atomic E-state index is -0.465. The number of carbonyl (C=O) groups excluding carboxylic acids is 1. The van der Waals surface area contributed by atoms with Crippen LogP contribution in [0.1, 0.15) is 5.56 Å². The fraction of sp³-hybridized carbons (Fsp3) is 0.133. The van der Waals surface area contributed by atoms with Crippen molar-refractivity contribution >= 4 is 17.3 Å². The number of nitrogen functional groups attached to an aromatic ring is 1. The molecule has 0 aliphatic rings. The van der Waals surface area contributed by atoms with Crippen molar-refractivity contribution in [3.05, 3.63) is 53.8 Å². The Morgan fingerprint density at radius 2 is 2.10 bits per heavy atom. The van der Waals surface area contributed by atoms with Gasteiger partial charge in [-0.2, -0.15) is 0 Å². The highest BCUT2D eigenvalue weighted by atomic mass is 19.1. The number of anilines is 2. The zero-order chi connectivity index (χ0) is 14.5. The van der Waals surface area contributed by atoms with Gasteiger partial charge in [-0.3, -0.25) is 4.79 Å². The largest absolute Gasteiger partial charge is 0.481 e. The Morgan fingerprint density at radius 3 is 2.85 bits per heavy atom. The van der Waals surface area contributed by atoms with Crippen molar-refractivity contribution in [3.63, 3.8) is 0 Å². The minimum absolute atomic E-state index is 0.157. The lowest BCUT2D eigenvalue weighted by atomic mass is 10.2. The SMILES string of the molecule is Cc1cccc(NC(=O)COc2cc(F)ccc2N)c1. The molecule has 104 valence electrons. The van der Waals surface area contributed by atoms with Crippen molar-refractivity contribution in [3.8, 4) is 5.75 Å². The molecule has 0 aliphatic heterocycles. The number of hydrogen-bond donors (Lipinski definition) is 2. The molecule has 0 saturated carbocycles. The molecule has 0 saturated heterocycles. The van der Waals surface area contributed by atoms with Gasteiger partial charge in [0.05, 0.1) is 5.69 Å². The molecular formula is C15H15FN2O2. The Hall–Kier alpha value is -2.56. The number of rotatable bonds is 4. The highest BCUT2D eigenvalue weighted by Gasteiger charge is 2.07. The van der Waals surface area contributed by atoms with Crippen molar-refractivity contribution in [1.82, 2.24) is 0 Å². The number of carbonyl (C=O) groups is 1. The molecule has 2 aromatic carbocycles. The number of ether oxygens (including phenoxy) is 1. The first-order valence-corrected chi connectivity index (χ1v) is 6.09. The summed E-state index contributed by atoms with van der Waals surface area (Å²) in [6.07, 6.45) is 0. The summed E-state index contributed by atoms with van der Waals surface area (Å²) < 4.78 is 18.2. The zero-order valence-electron chi connectivity index (χ0n) is 11.0. The molecule has 3 N–H and O–H groups in total. The number of hydrogen-bond acceptors (Lipinski definition) is 3. The summed E-state index contributed by atoms with van der Waals surface area (Å²) in [5.41, 5.74) is 7.64. The maximum atomic E-state index is 13.0. The summed E-state index contributed by atoms with van der Waals surface area (Å²) in [5, 5.41) is 2.69. The first-order chi connectivity index (χ1) is 9.54. The molecule has 0 bridgehead atoms. The molecule has 20 heavy (non-hydrogen) atoms. The lowest BCUT2D eigenvalue weighted by Crippen LogP contribution is -2.20. The highest BCUT2D eigenvalue weighted by Crippen LogP contribution is 2.21. The predicted octanol–water partition coefficient (Wildman–Crippen LogP) is 2.73. The van der Waals surface area contributed by atoms with E-state index in [2.05, 4.69) is 5.32 Å². The van der Waals surface area contributed by atoms with Gasteiger partial charge >= 0.3 is 0 Å². The average molecular weight is 274 g/mol. The molecule has 0 heterocycles. The molecule has 2 aromatic rings. The average Bonchev–Trinajstić information content (AvgIpc) is 2.40. The van der Waals surface area contributed by atoms with Crippen LogP contribution in [0.3, 0.4) is 0 Å². The number of nitrogens with one attached hydrogen (secondary N) is 1. The molecule has 0 spiro atoms. The van der Waals surface area contributed by atoms with Gasteiger partial charge < -0.3 is 15.8 Å². The molecule has 1 amide bonds. The molecular weight excluding hydrogens is 259 g/mol. The number of amides is 1. The van der Waals surface area contributed by atoms with Gasteiger partial charge in [0.2, 0.25) is 0 Å². The molecule has 0 fully saturated rings. The first-order valence-electron chi connectivity index (χ1n) is 6.09. The summed E-state index contributed by atoms with van der Waals surface area (Å²) in [7, 11) is 0. The van der Waals surface area contributed by atoms with Crippen LogP contribution in [0.4, 0.5) is 15.8 Å². The number of halogens is 1. The monoisotopic (exact) mass is 274 g/mol. The van der Waals surface area contributed by atoms with E-state index in [4.69, 9.17) is 10.5 Å². The van der Waals surface area contributed by atoms with Crippen molar-refractivity contribution in [1.29, 1.82) is 0 Å². The molecule has 4 nitrogen and oxygen atoms in total. The highest BCUT2D eigenvalue weighted by molar-refractivity contribution is 5.92. The second-order valence-corrected chi connectivity index (χ2v) is 4.39. The van der Waals surface area contributed by atoms with E-state index < -0.39 is 5.82 Å². The van der Waals surface area contributed by atoms with Gasteiger partial charge in [-0.25, -0.2) is 4.39 Å². The molecule has 0 aliphatic carbocycles. The van der Waals surface area contributed by atoms with E-state index in [1.165, 1.54) is 12.1 Å². The fourth-order valence-corrected chi connectivity index (χ4v) is 1.70. The van der Waals surface area contributed by atoms with Crippen LogP contribution in [-0.2, 0) is 4.79 Å². The van der Waals surface area contributed by atoms with Crippen molar-refractivity contribution in [2.24, 2.45) is 0 Å². The molecule has 0 radical (unpaired) electrons. The second-order valence-electron chi connectivity index (χ2n) is 4.39. The van der Waals surface area contributed by atoms with E-state index in [9.17, 15) is 9.18 Å². The summed E-state index contributed by atoms with van der Waals surface area (Å²) >= 11 is 0. The van der Waals surface area contributed by atoms with E-state index in [0.717, 1.165) is 11.6 Å². The maximum absolute atomic E-state index is 13.0. The topological polar surface area (TPSA) is 64.3 Å². The van der Waals surface area contributed by atoms with Crippen LogP contribution in [0.25, 0.3) is 0 Å². The van der Waals surface area contributed by atoms with Crippen LogP contribution in [0, 0.1) is 12.7 Å². The Balaban J connectivity index is 1.94. The number of benzene rings is 2. The fourth-order valence-electron chi connectivity index (χ4n) is 1.70. The third-order valence-corrected chi connectivity index (χ3v) is 2.64. The van der Waals surface area contributed by atoms with E-state index in [1.807, 2.05) is 25.1 Å². The van der Waals surface area contributed by atoms with Crippen molar-refractivity contribution < 1.29 is 13.9 Å². The summed E-state index contributed by atoms with van der Waals surface area (Å²) in [5.74, 6) is -0.642. The second kappa shape index (κ2) is 6.06. The van der Waals surface area contributed by atoms with Gasteiger partial charge in [0.1, 0.15) is 11.6 Å².